The number of benzene rings is 3. The smallest absolute Gasteiger partial charge is 0.259 e. The van der Waals surface area contributed by atoms with E-state index in [0.717, 1.165) is 5.39 Å². The fourth-order valence-electron chi connectivity index (χ4n) is 2.97. The molecule has 0 aliphatic carbocycles. The summed E-state index contributed by atoms with van der Waals surface area (Å²) in [5.74, 6) is 0.288. The van der Waals surface area contributed by atoms with Crippen molar-refractivity contribution in [2.45, 2.75) is 0 Å². The number of rotatable bonds is 5. The lowest BCUT2D eigenvalue weighted by Crippen LogP contribution is -2.13. The first-order valence-corrected chi connectivity index (χ1v) is 8.73. The van der Waals surface area contributed by atoms with E-state index >= 15 is 0 Å². The number of fused-ring (bicyclic) bond motifs is 1. The van der Waals surface area contributed by atoms with E-state index in [2.05, 4.69) is 5.32 Å². The van der Waals surface area contributed by atoms with Gasteiger partial charge in [-0.2, -0.15) is 0 Å². The Labute approximate surface area is 161 Å². The van der Waals surface area contributed by atoms with Crippen molar-refractivity contribution in [1.29, 1.82) is 0 Å². The summed E-state index contributed by atoms with van der Waals surface area (Å²) in [5, 5.41) is 3.69. The quantitative estimate of drug-likeness (QED) is 0.505. The monoisotopic (exact) mass is 371 g/mol. The lowest BCUT2D eigenvalue weighted by atomic mass is 10.1. The van der Waals surface area contributed by atoms with E-state index in [4.69, 9.17) is 9.15 Å². The van der Waals surface area contributed by atoms with Crippen LogP contribution in [0.4, 0.5) is 5.69 Å². The Balaban J connectivity index is 1.52. The van der Waals surface area contributed by atoms with Gasteiger partial charge in [0.25, 0.3) is 5.91 Å². The predicted molar refractivity (Wildman–Crippen MR) is 107 cm³/mol. The second-order valence-electron chi connectivity index (χ2n) is 6.21. The van der Waals surface area contributed by atoms with Gasteiger partial charge in [-0.15, -0.1) is 0 Å². The Morgan fingerprint density at radius 3 is 2.36 bits per heavy atom. The van der Waals surface area contributed by atoms with Crippen LogP contribution < -0.4 is 10.1 Å². The maximum absolute atomic E-state index is 12.7. The Morgan fingerprint density at radius 1 is 0.893 bits per heavy atom. The SMILES string of the molecule is COc1ccccc1C(=O)Nc1ccc(C(=O)c2cc3ccccc3o2)cc1. The summed E-state index contributed by atoms with van der Waals surface area (Å²) in [6.07, 6.45) is 0. The number of carbonyl (C=O) groups excluding carboxylic acids is 2. The van der Waals surface area contributed by atoms with Crippen LogP contribution in [0, 0.1) is 0 Å². The van der Waals surface area contributed by atoms with Crippen molar-refractivity contribution in [3.63, 3.8) is 0 Å². The van der Waals surface area contributed by atoms with Gasteiger partial charge in [-0.1, -0.05) is 30.3 Å². The van der Waals surface area contributed by atoms with Gasteiger partial charge >= 0.3 is 0 Å². The Kier molecular flexibility index (Phi) is 4.64. The van der Waals surface area contributed by atoms with E-state index in [1.54, 1.807) is 54.6 Å². The van der Waals surface area contributed by atoms with Crippen LogP contribution in [0.25, 0.3) is 11.0 Å². The maximum atomic E-state index is 12.7. The average molecular weight is 371 g/mol. The van der Waals surface area contributed by atoms with Gasteiger partial charge in [-0.3, -0.25) is 9.59 Å². The number of furan rings is 1. The summed E-state index contributed by atoms with van der Waals surface area (Å²) >= 11 is 0. The minimum absolute atomic E-state index is 0.209. The van der Waals surface area contributed by atoms with Crippen molar-refractivity contribution in [3.05, 3.63) is 95.7 Å². The van der Waals surface area contributed by atoms with Gasteiger partial charge < -0.3 is 14.5 Å². The van der Waals surface area contributed by atoms with Crippen LogP contribution in [-0.2, 0) is 0 Å². The number of ether oxygens (including phenoxy) is 1. The van der Waals surface area contributed by atoms with Crippen molar-refractivity contribution in [1.82, 2.24) is 0 Å². The Hall–Kier alpha value is -3.86. The number of amides is 1. The fourth-order valence-corrected chi connectivity index (χ4v) is 2.97. The van der Waals surface area contributed by atoms with Gasteiger partial charge in [0, 0.05) is 16.6 Å². The highest BCUT2D eigenvalue weighted by molar-refractivity contribution is 6.10. The zero-order valence-corrected chi connectivity index (χ0v) is 15.1. The van der Waals surface area contributed by atoms with Crippen molar-refractivity contribution < 1.29 is 18.7 Å². The number of hydrogen-bond acceptors (Lipinski definition) is 4. The lowest BCUT2D eigenvalue weighted by molar-refractivity contribution is 0.101. The van der Waals surface area contributed by atoms with E-state index < -0.39 is 0 Å². The van der Waals surface area contributed by atoms with Gasteiger partial charge in [-0.05, 0) is 48.5 Å². The second kappa shape index (κ2) is 7.40. The number of ketones is 1. The standard InChI is InChI=1S/C23H17NO4/c1-27-20-9-5-3-7-18(20)23(26)24-17-12-10-15(11-13-17)22(25)21-14-16-6-2-4-8-19(16)28-21/h2-14H,1H3,(H,24,26). The molecule has 0 radical (unpaired) electrons. The summed E-state index contributed by atoms with van der Waals surface area (Å²) in [7, 11) is 1.52. The van der Waals surface area contributed by atoms with Gasteiger partial charge in [0.2, 0.25) is 5.78 Å². The molecule has 0 saturated heterocycles. The Morgan fingerprint density at radius 2 is 1.61 bits per heavy atom. The average Bonchev–Trinajstić information content (AvgIpc) is 3.18. The van der Waals surface area contributed by atoms with E-state index in [1.165, 1.54) is 7.11 Å². The van der Waals surface area contributed by atoms with Crippen molar-refractivity contribution in [2.75, 3.05) is 12.4 Å². The van der Waals surface area contributed by atoms with E-state index in [9.17, 15) is 9.59 Å². The number of nitrogens with one attached hydrogen (secondary N) is 1. The molecule has 28 heavy (non-hydrogen) atoms. The van der Waals surface area contributed by atoms with Gasteiger partial charge in [0.05, 0.1) is 12.7 Å². The molecule has 4 aromatic rings. The van der Waals surface area contributed by atoms with E-state index in [0.29, 0.717) is 28.1 Å². The highest BCUT2D eigenvalue weighted by Gasteiger charge is 2.15. The molecule has 0 aliphatic rings. The molecule has 0 spiro atoms. The molecule has 4 rings (SSSR count). The number of methoxy groups -OCH3 is 1. The van der Waals surface area contributed by atoms with Crippen LogP contribution in [0.5, 0.6) is 5.75 Å². The third-order valence-electron chi connectivity index (χ3n) is 4.41. The molecule has 0 bridgehead atoms. The van der Waals surface area contributed by atoms with Gasteiger partial charge in [-0.25, -0.2) is 0 Å². The topological polar surface area (TPSA) is 68.5 Å². The minimum atomic E-state index is -0.284. The number of carbonyl (C=O) groups is 2. The summed E-state index contributed by atoms with van der Waals surface area (Å²) in [5.41, 5.74) is 2.17. The molecule has 0 saturated carbocycles. The largest absolute Gasteiger partial charge is 0.496 e. The fraction of sp³-hybridized carbons (Fsp3) is 0.0435. The number of para-hydroxylation sites is 2. The second-order valence-corrected chi connectivity index (χ2v) is 6.21. The number of hydrogen-bond donors (Lipinski definition) is 1. The molecule has 1 heterocycles. The normalized spacial score (nSPS) is 10.6. The molecule has 5 heteroatoms. The van der Waals surface area contributed by atoms with Crippen LogP contribution >= 0.6 is 0 Å². The third kappa shape index (κ3) is 3.38. The van der Waals surface area contributed by atoms with Crippen LogP contribution in [-0.4, -0.2) is 18.8 Å². The molecular formula is C23H17NO4. The molecule has 0 unspecified atom stereocenters. The molecule has 0 fully saturated rings. The number of anilines is 1. The van der Waals surface area contributed by atoms with Gasteiger partial charge in [0.1, 0.15) is 11.3 Å². The van der Waals surface area contributed by atoms with Gasteiger partial charge in [0.15, 0.2) is 5.76 Å². The highest BCUT2D eigenvalue weighted by atomic mass is 16.5. The van der Waals surface area contributed by atoms with Crippen LogP contribution in [0.3, 0.4) is 0 Å². The molecule has 5 nitrogen and oxygen atoms in total. The molecule has 1 N–H and O–H groups in total. The Bertz CT molecular complexity index is 1130. The molecule has 1 aromatic heterocycles. The zero-order chi connectivity index (χ0) is 19.5. The van der Waals surface area contributed by atoms with Crippen LogP contribution in [0.2, 0.25) is 0 Å². The molecule has 0 aliphatic heterocycles. The highest BCUT2D eigenvalue weighted by Crippen LogP contribution is 2.23. The molecule has 138 valence electrons. The summed E-state index contributed by atoms with van der Waals surface area (Å²) in [4.78, 5) is 25.1. The molecular weight excluding hydrogens is 354 g/mol. The predicted octanol–water partition coefficient (Wildman–Crippen LogP) is 4.92. The maximum Gasteiger partial charge on any atom is 0.259 e. The van der Waals surface area contributed by atoms with Crippen molar-refractivity contribution in [3.8, 4) is 5.75 Å². The van der Waals surface area contributed by atoms with Crippen molar-refractivity contribution in [2.24, 2.45) is 0 Å². The summed E-state index contributed by atoms with van der Waals surface area (Å²) in [6.45, 7) is 0. The minimum Gasteiger partial charge on any atom is -0.496 e. The van der Waals surface area contributed by atoms with E-state index in [-0.39, 0.29) is 17.5 Å². The first-order valence-electron chi connectivity index (χ1n) is 8.73. The molecule has 0 atom stereocenters. The third-order valence-corrected chi connectivity index (χ3v) is 4.41. The van der Waals surface area contributed by atoms with Crippen molar-refractivity contribution >= 4 is 28.3 Å². The van der Waals surface area contributed by atoms with Crippen LogP contribution in [0.1, 0.15) is 26.5 Å². The molecule has 1 amide bonds. The molecule has 3 aromatic carbocycles. The lowest BCUT2D eigenvalue weighted by Gasteiger charge is -2.09. The summed E-state index contributed by atoms with van der Waals surface area (Å²) in [6, 6.07) is 22.9. The first-order chi connectivity index (χ1) is 13.7. The van der Waals surface area contributed by atoms with E-state index in [1.807, 2.05) is 24.3 Å². The first kappa shape index (κ1) is 17.5. The zero-order valence-electron chi connectivity index (χ0n) is 15.1. The summed E-state index contributed by atoms with van der Waals surface area (Å²) < 4.78 is 10.8. The van der Waals surface area contributed by atoms with Crippen LogP contribution in [0.15, 0.2) is 83.3 Å².